The summed E-state index contributed by atoms with van der Waals surface area (Å²) in [6.45, 7) is 7.52. The van der Waals surface area contributed by atoms with Crippen LogP contribution in [0.3, 0.4) is 0 Å². The third-order valence-electron chi connectivity index (χ3n) is 1.89. The van der Waals surface area contributed by atoms with Crippen molar-refractivity contribution in [2.24, 2.45) is 5.41 Å². The predicted molar refractivity (Wildman–Crippen MR) is 51.7 cm³/mol. The second-order valence-electron chi connectivity index (χ2n) is 4.46. The van der Waals surface area contributed by atoms with Gasteiger partial charge in [0.25, 0.3) is 0 Å². The molecule has 1 heterocycles. The topological polar surface area (TPSA) is 34.9 Å². The number of imidazole rings is 1. The Kier molecular flexibility index (Phi) is 2.86. The van der Waals surface area contributed by atoms with Crippen LogP contribution in [0.2, 0.25) is 0 Å². The molecule has 72 valence electrons. The maximum Gasteiger partial charge on any atom is 0.169 e. The summed E-state index contributed by atoms with van der Waals surface area (Å²) in [6, 6.07) is 0. The van der Waals surface area contributed by atoms with Crippen molar-refractivity contribution in [3.05, 3.63) is 18.2 Å². The number of nitrogens with zero attached hydrogens (tertiary/aromatic N) is 2. The van der Waals surface area contributed by atoms with E-state index in [4.69, 9.17) is 0 Å². The van der Waals surface area contributed by atoms with Crippen LogP contribution in [0.15, 0.2) is 12.5 Å². The fourth-order valence-electron chi connectivity index (χ4n) is 1.03. The van der Waals surface area contributed by atoms with Crippen molar-refractivity contribution in [2.75, 3.05) is 0 Å². The van der Waals surface area contributed by atoms with E-state index >= 15 is 0 Å². The lowest BCUT2D eigenvalue weighted by atomic mass is 9.92. The number of aryl methyl sites for hydroxylation is 1. The first kappa shape index (κ1) is 9.96. The molecule has 0 aliphatic carbocycles. The van der Waals surface area contributed by atoms with Crippen LogP contribution in [0.1, 0.15) is 37.7 Å². The highest BCUT2D eigenvalue weighted by Gasteiger charge is 2.09. The van der Waals surface area contributed by atoms with Gasteiger partial charge < -0.3 is 4.57 Å². The van der Waals surface area contributed by atoms with Crippen molar-refractivity contribution < 1.29 is 4.79 Å². The minimum Gasteiger partial charge on any atom is -0.337 e. The summed E-state index contributed by atoms with van der Waals surface area (Å²) in [5.41, 5.74) is 0.833. The van der Waals surface area contributed by atoms with E-state index in [2.05, 4.69) is 25.8 Å². The summed E-state index contributed by atoms with van der Waals surface area (Å²) in [6.07, 6.45) is 5.34. The van der Waals surface area contributed by atoms with Gasteiger partial charge >= 0.3 is 0 Å². The Hall–Kier alpha value is -1.12. The molecule has 1 aromatic heterocycles. The van der Waals surface area contributed by atoms with Crippen LogP contribution in [0.25, 0.3) is 0 Å². The molecule has 0 aromatic carbocycles. The summed E-state index contributed by atoms with van der Waals surface area (Å²) in [7, 11) is 0. The Morgan fingerprint density at radius 3 is 2.69 bits per heavy atom. The fourth-order valence-corrected chi connectivity index (χ4v) is 1.03. The first-order valence-corrected chi connectivity index (χ1v) is 4.48. The average Bonchev–Trinajstić information content (AvgIpc) is 2.47. The average molecular weight is 180 g/mol. The second kappa shape index (κ2) is 3.73. The lowest BCUT2D eigenvalue weighted by Crippen LogP contribution is -2.09. The van der Waals surface area contributed by atoms with Gasteiger partial charge in [0.15, 0.2) is 6.29 Å². The Labute approximate surface area is 78.8 Å². The zero-order valence-corrected chi connectivity index (χ0v) is 8.45. The number of rotatable bonds is 3. The highest BCUT2D eigenvalue weighted by atomic mass is 16.1. The van der Waals surface area contributed by atoms with Crippen LogP contribution < -0.4 is 0 Å². The van der Waals surface area contributed by atoms with Gasteiger partial charge in [-0.15, -0.1) is 0 Å². The van der Waals surface area contributed by atoms with Crippen LogP contribution in [-0.4, -0.2) is 15.8 Å². The molecule has 3 nitrogen and oxygen atoms in total. The molecule has 0 saturated heterocycles. The molecule has 0 aliphatic rings. The van der Waals surface area contributed by atoms with Crippen molar-refractivity contribution in [1.82, 2.24) is 9.55 Å². The molecule has 1 rings (SSSR count). The fraction of sp³-hybridized carbons (Fsp3) is 0.600. The molecule has 0 fully saturated rings. The number of aldehydes is 1. The molecule has 0 aliphatic heterocycles. The van der Waals surface area contributed by atoms with Crippen molar-refractivity contribution in [1.29, 1.82) is 0 Å². The van der Waals surface area contributed by atoms with Crippen molar-refractivity contribution >= 4 is 6.29 Å². The van der Waals surface area contributed by atoms with Gasteiger partial charge in [-0.05, 0) is 11.8 Å². The van der Waals surface area contributed by atoms with Gasteiger partial charge in [-0.1, -0.05) is 20.8 Å². The molecule has 0 amide bonds. The van der Waals surface area contributed by atoms with Gasteiger partial charge in [-0.2, -0.15) is 0 Å². The Balaban J connectivity index is 2.50. The Bertz CT molecular complexity index is 283. The SMILES string of the molecule is CC(C)(C)CCn1cnc(C=O)c1. The molecular formula is C10H16N2O. The molecule has 1 aromatic rings. The maximum absolute atomic E-state index is 10.3. The molecule has 0 atom stereocenters. The van der Waals surface area contributed by atoms with Gasteiger partial charge in [0.1, 0.15) is 5.69 Å². The number of hydrogen-bond donors (Lipinski definition) is 0. The first-order valence-electron chi connectivity index (χ1n) is 4.48. The minimum absolute atomic E-state index is 0.325. The van der Waals surface area contributed by atoms with Gasteiger partial charge in [0.05, 0.1) is 6.33 Å². The summed E-state index contributed by atoms with van der Waals surface area (Å²) in [5, 5.41) is 0. The molecule has 0 N–H and O–H groups in total. The highest BCUT2D eigenvalue weighted by molar-refractivity contribution is 5.70. The van der Waals surface area contributed by atoms with Crippen LogP contribution in [-0.2, 0) is 6.54 Å². The zero-order valence-electron chi connectivity index (χ0n) is 8.45. The van der Waals surface area contributed by atoms with E-state index < -0.39 is 0 Å². The van der Waals surface area contributed by atoms with Crippen molar-refractivity contribution in [2.45, 2.75) is 33.7 Å². The van der Waals surface area contributed by atoms with E-state index in [1.807, 2.05) is 4.57 Å². The van der Waals surface area contributed by atoms with Gasteiger partial charge in [0, 0.05) is 12.7 Å². The molecule has 0 unspecified atom stereocenters. The monoisotopic (exact) mass is 180 g/mol. The van der Waals surface area contributed by atoms with Crippen LogP contribution in [0, 0.1) is 5.41 Å². The smallest absolute Gasteiger partial charge is 0.169 e. The summed E-state index contributed by atoms with van der Waals surface area (Å²) in [5.74, 6) is 0. The van der Waals surface area contributed by atoms with Crippen LogP contribution >= 0.6 is 0 Å². The Morgan fingerprint density at radius 1 is 1.54 bits per heavy atom. The molecule has 3 heteroatoms. The molecule has 0 spiro atoms. The van der Waals surface area contributed by atoms with Crippen molar-refractivity contribution in [3.63, 3.8) is 0 Å². The predicted octanol–water partition coefficient (Wildman–Crippen LogP) is 2.13. The van der Waals surface area contributed by atoms with E-state index in [9.17, 15) is 4.79 Å². The van der Waals surface area contributed by atoms with E-state index in [0.717, 1.165) is 19.3 Å². The van der Waals surface area contributed by atoms with Gasteiger partial charge in [0.2, 0.25) is 0 Å². The molecular weight excluding hydrogens is 164 g/mol. The van der Waals surface area contributed by atoms with Gasteiger partial charge in [-0.25, -0.2) is 4.98 Å². The number of aromatic nitrogens is 2. The molecule has 0 saturated carbocycles. The number of carbonyl (C=O) groups is 1. The number of hydrogen-bond acceptors (Lipinski definition) is 2. The van der Waals surface area contributed by atoms with Gasteiger partial charge in [-0.3, -0.25) is 4.79 Å². The lowest BCUT2D eigenvalue weighted by Gasteiger charge is -2.17. The van der Waals surface area contributed by atoms with E-state index in [1.165, 1.54) is 0 Å². The third-order valence-corrected chi connectivity index (χ3v) is 1.89. The quantitative estimate of drug-likeness (QED) is 0.668. The minimum atomic E-state index is 0.325. The largest absolute Gasteiger partial charge is 0.337 e. The zero-order chi connectivity index (χ0) is 9.90. The lowest BCUT2D eigenvalue weighted by molar-refractivity contribution is 0.111. The summed E-state index contributed by atoms with van der Waals surface area (Å²) >= 11 is 0. The normalized spacial score (nSPS) is 11.6. The molecule has 13 heavy (non-hydrogen) atoms. The van der Waals surface area contributed by atoms with E-state index in [-0.39, 0.29) is 0 Å². The molecule has 0 bridgehead atoms. The van der Waals surface area contributed by atoms with Crippen molar-refractivity contribution in [3.8, 4) is 0 Å². The summed E-state index contributed by atoms with van der Waals surface area (Å²) in [4.78, 5) is 14.3. The van der Waals surface area contributed by atoms with Crippen LogP contribution in [0.4, 0.5) is 0 Å². The van der Waals surface area contributed by atoms with Crippen LogP contribution in [0.5, 0.6) is 0 Å². The third kappa shape index (κ3) is 3.40. The Morgan fingerprint density at radius 2 is 2.23 bits per heavy atom. The summed E-state index contributed by atoms with van der Waals surface area (Å²) < 4.78 is 1.95. The number of carbonyl (C=O) groups excluding carboxylic acids is 1. The highest BCUT2D eigenvalue weighted by Crippen LogP contribution is 2.19. The van der Waals surface area contributed by atoms with E-state index in [0.29, 0.717) is 11.1 Å². The maximum atomic E-state index is 10.3. The molecule has 0 radical (unpaired) electrons. The first-order chi connectivity index (χ1) is 6.01. The van der Waals surface area contributed by atoms with E-state index in [1.54, 1.807) is 12.5 Å². The standard InChI is InChI=1S/C10H16N2O/c1-10(2,3)4-5-12-6-9(7-13)11-8-12/h6-8H,4-5H2,1-3H3. The second-order valence-corrected chi connectivity index (χ2v) is 4.46.